The molecule has 0 saturated heterocycles. The normalized spacial score (nSPS) is 13.8. The summed E-state index contributed by atoms with van der Waals surface area (Å²) >= 11 is 1.41. The molecule has 2 N–H and O–H groups in total. The molecule has 2 rings (SSSR count). The first-order chi connectivity index (χ1) is 10.0. The van der Waals surface area contributed by atoms with Crippen LogP contribution in [0.15, 0.2) is 47.4 Å². The first-order valence-electron chi connectivity index (χ1n) is 6.52. The molecule has 0 aliphatic rings. The SMILES string of the molecule is COc1ccc(C(Sc2ccc(F)c(F)c2)C(C)N)cc1. The van der Waals surface area contributed by atoms with Crippen LogP contribution in [0.2, 0.25) is 0 Å². The summed E-state index contributed by atoms with van der Waals surface area (Å²) < 4.78 is 31.4. The van der Waals surface area contributed by atoms with Crippen LogP contribution in [0.3, 0.4) is 0 Å². The third-order valence-electron chi connectivity index (χ3n) is 3.08. The molecule has 0 aliphatic heterocycles. The fraction of sp³-hybridized carbons (Fsp3) is 0.250. The highest BCUT2D eigenvalue weighted by Crippen LogP contribution is 2.38. The molecule has 0 aliphatic carbocycles. The maximum atomic E-state index is 13.3. The van der Waals surface area contributed by atoms with Crippen LogP contribution in [0.1, 0.15) is 17.7 Å². The average molecular weight is 309 g/mol. The van der Waals surface area contributed by atoms with Gasteiger partial charge in [0, 0.05) is 16.2 Å². The second-order valence-corrected chi connectivity index (χ2v) is 5.96. The van der Waals surface area contributed by atoms with Crippen molar-refractivity contribution in [2.45, 2.75) is 23.1 Å². The van der Waals surface area contributed by atoms with Crippen molar-refractivity contribution in [1.82, 2.24) is 0 Å². The van der Waals surface area contributed by atoms with E-state index in [4.69, 9.17) is 10.5 Å². The Hall–Kier alpha value is -1.59. The Kier molecular flexibility index (Phi) is 5.20. The molecular formula is C16H17F2NOS. The molecule has 2 atom stereocenters. The third-order valence-corrected chi connectivity index (χ3v) is 4.56. The zero-order valence-electron chi connectivity index (χ0n) is 11.8. The van der Waals surface area contributed by atoms with Gasteiger partial charge in [0.05, 0.1) is 7.11 Å². The lowest BCUT2D eigenvalue weighted by molar-refractivity contribution is 0.414. The number of hydrogen-bond acceptors (Lipinski definition) is 3. The average Bonchev–Trinajstić information content (AvgIpc) is 2.48. The number of thioether (sulfide) groups is 1. The Morgan fingerprint density at radius 1 is 1.05 bits per heavy atom. The van der Waals surface area contributed by atoms with Gasteiger partial charge in [0.1, 0.15) is 5.75 Å². The highest BCUT2D eigenvalue weighted by Gasteiger charge is 2.18. The van der Waals surface area contributed by atoms with E-state index in [0.29, 0.717) is 4.90 Å². The van der Waals surface area contributed by atoms with E-state index in [1.165, 1.54) is 17.8 Å². The van der Waals surface area contributed by atoms with Crippen molar-refractivity contribution < 1.29 is 13.5 Å². The van der Waals surface area contributed by atoms with Gasteiger partial charge in [-0.15, -0.1) is 11.8 Å². The van der Waals surface area contributed by atoms with Gasteiger partial charge in [0.2, 0.25) is 0 Å². The van der Waals surface area contributed by atoms with Crippen molar-refractivity contribution in [3.05, 3.63) is 59.7 Å². The largest absolute Gasteiger partial charge is 0.497 e. The summed E-state index contributed by atoms with van der Waals surface area (Å²) in [6, 6.07) is 11.3. The minimum atomic E-state index is -0.849. The molecule has 0 radical (unpaired) electrons. The van der Waals surface area contributed by atoms with Gasteiger partial charge in [0.15, 0.2) is 11.6 Å². The Morgan fingerprint density at radius 2 is 1.71 bits per heavy atom. The Bertz CT molecular complexity index is 602. The summed E-state index contributed by atoms with van der Waals surface area (Å²) in [6.45, 7) is 1.89. The van der Waals surface area contributed by atoms with E-state index in [9.17, 15) is 8.78 Å². The van der Waals surface area contributed by atoms with Gasteiger partial charge in [-0.2, -0.15) is 0 Å². The summed E-state index contributed by atoms with van der Waals surface area (Å²) in [5.74, 6) is -0.931. The van der Waals surface area contributed by atoms with Crippen molar-refractivity contribution in [3.63, 3.8) is 0 Å². The quantitative estimate of drug-likeness (QED) is 0.843. The molecule has 0 fully saturated rings. The molecule has 2 aromatic carbocycles. The molecule has 112 valence electrons. The molecule has 2 aromatic rings. The zero-order chi connectivity index (χ0) is 15.4. The standard InChI is InChI=1S/C16H17F2NOS/c1-10(19)16(11-3-5-12(20-2)6-4-11)21-13-7-8-14(17)15(18)9-13/h3-10,16H,19H2,1-2H3. The summed E-state index contributed by atoms with van der Waals surface area (Å²) in [5.41, 5.74) is 7.05. The molecule has 5 heteroatoms. The smallest absolute Gasteiger partial charge is 0.159 e. The van der Waals surface area contributed by atoms with Crippen molar-refractivity contribution in [2.24, 2.45) is 5.73 Å². The Labute approximate surface area is 127 Å². The number of nitrogens with two attached hydrogens (primary N) is 1. The Balaban J connectivity index is 2.23. The van der Waals surface area contributed by atoms with Gasteiger partial charge in [-0.3, -0.25) is 0 Å². The predicted molar refractivity (Wildman–Crippen MR) is 81.6 cm³/mol. The van der Waals surface area contributed by atoms with E-state index in [-0.39, 0.29) is 11.3 Å². The van der Waals surface area contributed by atoms with Crippen LogP contribution >= 0.6 is 11.8 Å². The van der Waals surface area contributed by atoms with Crippen LogP contribution in [0, 0.1) is 11.6 Å². The highest BCUT2D eigenvalue weighted by molar-refractivity contribution is 7.99. The fourth-order valence-corrected chi connectivity index (χ4v) is 3.09. The minimum absolute atomic E-state index is 0.0548. The molecule has 0 amide bonds. The first-order valence-corrected chi connectivity index (χ1v) is 7.40. The van der Waals surface area contributed by atoms with Gasteiger partial charge >= 0.3 is 0 Å². The van der Waals surface area contributed by atoms with Gasteiger partial charge in [-0.1, -0.05) is 12.1 Å². The number of ether oxygens (including phenoxy) is 1. The second-order valence-electron chi connectivity index (χ2n) is 4.75. The number of rotatable bonds is 5. The van der Waals surface area contributed by atoms with E-state index in [1.54, 1.807) is 13.2 Å². The monoisotopic (exact) mass is 309 g/mol. The van der Waals surface area contributed by atoms with Crippen LogP contribution in [0.25, 0.3) is 0 Å². The number of benzene rings is 2. The van der Waals surface area contributed by atoms with Crippen LogP contribution in [-0.2, 0) is 0 Å². The van der Waals surface area contributed by atoms with Gasteiger partial charge in [-0.25, -0.2) is 8.78 Å². The van der Waals surface area contributed by atoms with Gasteiger partial charge in [0.25, 0.3) is 0 Å². The van der Waals surface area contributed by atoms with Crippen LogP contribution in [0.4, 0.5) is 8.78 Å². The summed E-state index contributed by atoms with van der Waals surface area (Å²) in [5, 5.41) is -0.0548. The topological polar surface area (TPSA) is 35.2 Å². The lowest BCUT2D eigenvalue weighted by Gasteiger charge is -2.21. The third kappa shape index (κ3) is 3.95. The van der Waals surface area contributed by atoms with E-state index in [2.05, 4.69) is 0 Å². The minimum Gasteiger partial charge on any atom is -0.497 e. The maximum absolute atomic E-state index is 13.3. The van der Waals surface area contributed by atoms with E-state index in [1.807, 2.05) is 31.2 Å². The maximum Gasteiger partial charge on any atom is 0.159 e. The lowest BCUT2D eigenvalue weighted by Crippen LogP contribution is -2.22. The van der Waals surface area contributed by atoms with E-state index >= 15 is 0 Å². The molecule has 21 heavy (non-hydrogen) atoms. The summed E-state index contributed by atoms with van der Waals surface area (Å²) in [7, 11) is 1.61. The van der Waals surface area contributed by atoms with Gasteiger partial charge in [-0.05, 0) is 42.8 Å². The van der Waals surface area contributed by atoms with Crippen molar-refractivity contribution >= 4 is 11.8 Å². The van der Waals surface area contributed by atoms with Crippen molar-refractivity contribution in [2.75, 3.05) is 7.11 Å². The first kappa shape index (κ1) is 15.8. The molecule has 2 nitrogen and oxygen atoms in total. The van der Waals surface area contributed by atoms with Crippen LogP contribution in [-0.4, -0.2) is 13.2 Å². The molecule has 0 heterocycles. The molecule has 0 bridgehead atoms. The second kappa shape index (κ2) is 6.91. The number of methoxy groups -OCH3 is 1. The molecular weight excluding hydrogens is 292 g/mol. The highest BCUT2D eigenvalue weighted by atomic mass is 32.2. The van der Waals surface area contributed by atoms with Crippen LogP contribution in [0.5, 0.6) is 5.75 Å². The molecule has 0 aromatic heterocycles. The van der Waals surface area contributed by atoms with Gasteiger partial charge < -0.3 is 10.5 Å². The van der Waals surface area contributed by atoms with Crippen molar-refractivity contribution in [3.8, 4) is 5.75 Å². The molecule has 0 spiro atoms. The molecule has 2 unspecified atom stereocenters. The summed E-state index contributed by atoms with van der Waals surface area (Å²) in [6.07, 6.45) is 0. The Morgan fingerprint density at radius 3 is 2.24 bits per heavy atom. The van der Waals surface area contributed by atoms with Crippen LogP contribution < -0.4 is 10.5 Å². The van der Waals surface area contributed by atoms with E-state index in [0.717, 1.165) is 17.4 Å². The fourth-order valence-electron chi connectivity index (χ4n) is 1.97. The van der Waals surface area contributed by atoms with Crippen molar-refractivity contribution in [1.29, 1.82) is 0 Å². The summed E-state index contributed by atoms with van der Waals surface area (Å²) in [4.78, 5) is 0.645. The zero-order valence-corrected chi connectivity index (χ0v) is 12.7. The lowest BCUT2D eigenvalue weighted by atomic mass is 10.1. The number of hydrogen-bond donors (Lipinski definition) is 1. The van der Waals surface area contributed by atoms with E-state index < -0.39 is 11.6 Å². The number of halogens is 2. The molecule has 0 saturated carbocycles. The predicted octanol–water partition coefficient (Wildman–Crippen LogP) is 4.15.